The molecule has 5 nitrogen and oxygen atoms in total. The van der Waals surface area contributed by atoms with Crippen LogP contribution >= 0.6 is 0 Å². The molecule has 0 unspecified atom stereocenters. The summed E-state index contributed by atoms with van der Waals surface area (Å²) in [6, 6.07) is 0. The van der Waals surface area contributed by atoms with Crippen LogP contribution in [0.2, 0.25) is 0 Å². The molecule has 0 aromatic heterocycles. The smallest absolute Gasteiger partial charge is 0.303 e. The standard InChI is InChI=1S/C9H14N2O3/c12-8(13)1-6-4-11(5-6)9(14)7-2-10-3-7/h6-7,10H,1-5H2,(H,12,13). The van der Waals surface area contributed by atoms with Gasteiger partial charge < -0.3 is 15.3 Å². The van der Waals surface area contributed by atoms with Crippen molar-refractivity contribution in [2.24, 2.45) is 11.8 Å². The van der Waals surface area contributed by atoms with Gasteiger partial charge in [0, 0.05) is 32.1 Å². The Hall–Kier alpha value is -1.10. The predicted octanol–water partition coefficient (Wildman–Crippen LogP) is -0.861. The molecular formula is C9H14N2O3. The summed E-state index contributed by atoms with van der Waals surface area (Å²) in [7, 11) is 0. The second kappa shape index (κ2) is 3.57. The molecule has 5 heteroatoms. The van der Waals surface area contributed by atoms with Gasteiger partial charge >= 0.3 is 5.97 Å². The van der Waals surface area contributed by atoms with E-state index in [0.717, 1.165) is 13.1 Å². The van der Waals surface area contributed by atoms with Crippen molar-refractivity contribution in [2.75, 3.05) is 26.2 Å². The lowest BCUT2D eigenvalue weighted by molar-refractivity contribution is -0.148. The van der Waals surface area contributed by atoms with E-state index in [-0.39, 0.29) is 24.2 Å². The summed E-state index contributed by atoms with van der Waals surface area (Å²) in [6.07, 6.45) is 0.187. The number of hydrogen-bond donors (Lipinski definition) is 2. The van der Waals surface area contributed by atoms with Crippen molar-refractivity contribution in [1.29, 1.82) is 0 Å². The van der Waals surface area contributed by atoms with Crippen molar-refractivity contribution in [1.82, 2.24) is 10.2 Å². The minimum atomic E-state index is -0.771. The van der Waals surface area contributed by atoms with E-state index in [0.29, 0.717) is 13.1 Å². The van der Waals surface area contributed by atoms with Crippen LogP contribution in [0.25, 0.3) is 0 Å². The van der Waals surface area contributed by atoms with Gasteiger partial charge in [0.25, 0.3) is 0 Å². The number of carbonyl (C=O) groups excluding carboxylic acids is 1. The van der Waals surface area contributed by atoms with Crippen molar-refractivity contribution in [3.05, 3.63) is 0 Å². The molecule has 0 saturated carbocycles. The zero-order valence-electron chi connectivity index (χ0n) is 7.90. The Balaban J connectivity index is 1.71. The Morgan fingerprint density at radius 1 is 1.36 bits per heavy atom. The monoisotopic (exact) mass is 198 g/mol. The summed E-state index contributed by atoms with van der Waals surface area (Å²) in [5.74, 6) is -0.275. The predicted molar refractivity (Wildman–Crippen MR) is 48.7 cm³/mol. The largest absolute Gasteiger partial charge is 0.481 e. The van der Waals surface area contributed by atoms with Gasteiger partial charge in [0.2, 0.25) is 5.91 Å². The molecule has 2 aliphatic heterocycles. The maximum atomic E-state index is 11.6. The van der Waals surface area contributed by atoms with E-state index in [9.17, 15) is 9.59 Å². The quantitative estimate of drug-likeness (QED) is 0.619. The number of carbonyl (C=O) groups is 2. The van der Waals surface area contributed by atoms with Gasteiger partial charge in [0.15, 0.2) is 0 Å². The normalized spacial score (nSPS) is 22.7. The van der Waals surface area contributed by atoms with Crippen molar-refractivity contribution >= 4 is 11.9 Å². The number of carboxylic acid groups (broad SMARTS) is 1. The molecule has 2 N–H and O–H groups in total. The summed E-state index contributed by atoms with van der Waals surface area (Å²) in [6.45, 7) is 2.81. The third-order valence-electron chi connectivity index (χ3n) is 2.86. The van der Waals surface area contributed by atoms with E-state index in [4.69, 9.17) is 5.11 Å². The van der Waals surface area contributed by atoms with Gasteiger partial charge in [-0.2, -0.15) is 0 Å². The number of nitrogens with one attached hydrogen (secondary N) is 1. The van der Waals surface area contributed by atoms with Crippen LogP contribution in [-0.2, 0) is 9.59 Å². The van der Waals surface area contributed by atoms with Crippen LogP contribution in [-0.4, -0.2) is 48.1 Å². The van der Waals surface area contributed by atoms with Crippen LogP contribution in [0.5, 0.6) is 0 Å². The van der Waals surface area contributed by atoms with E-state index in [1.165, 1.54) is 0 Å². The molecular weight excluding hydrogens is 184 g/mol. The number of likely N-dealkylation sites (tertiary alicyclic amines) is 1. The Kier molecular flexibility index (Phi) is 2.41. The van der Waals surface area contributed by atoms with Crippen LogP contribution in [0.3, 0.4) is 0 Å². The van der Waals surface area contributed by atoms with E-state index >= 15 is 0 Å². The maximum absolute atomic E-state index is 11.6. The van der Waals surface area contributed by atoms with E-state index in [2.05, 4.69) is 5.32 Å². The third kappa shape index (κ3) is 1.72. The Labute approximate surface area is 82.1 Å². The molecule has 0 radical (unpaired) electrons. The molecule has 0 aromatic rings. The lowest BCUT2D eigenvalue weighted by Crippen LogP contribution is -2.58. The molecule has 0 atom stereocenters. The van der Waals surface area contributed by atoms with Gasteiger partial charge in [0.1, 0.15) is 0 Å². The van der Waals surface area contributed by atoms with Gasteiger partial charge in [-0.15, -0.1) is 0 Å². The van der Waals surface area contributed by atoms with Gasteiger partial charge in [-0.1, -0.05) is 0 Å². The zero-order chi connectivity index (χ0) is 10.1. The first kappa shape index (κ1) is 9.45. The first-order chi connectivity index (χ1) is 6.66. The molecule has 2 saturated heterocycles. The minimum absolute atomic E-state index is 0.140. The Bertz CT molecular complexity index is 257. The SMILES string of the molecule is O=C(O)CC1CN(C(=O)C2CNC2)C1. The summed E-state index contributed by atoms with van der Waals surface area (Å²) in [5, 5.41) is 11.6. The zero-order valence-corrected chi connectivity index (χ0v) is 7.90. The number of aliphatic carboxylic acids is 1. The molecule has 0 aliphatic carbocycles. The van der Waals surface area contributed by atoms with E-state index in [1.807, 2.05) is 0 Å². The molecule has 0 bridgehead atoms. The van der Waals surface area contributed by atoms with E-state index < -0.39 is 5.97 Å². The highest BCUT2D eigenvalue weighted by atomic mass is 16.4. The average Bonchev–Trinajstić information content (AvgIpc) is 1.91. The number of hydrogen-bond acceptors (Lipinski definition) is 3. The molecule has 2 heterocycles. The van der Waals surface area contributed by atoms with Crippen molar-refractivity contribution in [2.45, 2.75) is 6.42 Å². The topological polar surface area (TPSA) is 69.6 Å². The fourth-order valence-electron chi connectivity index (χ4n) is 1.85. The third-order valence-corrected chi connectivity index (χ3v) is 2.86. The van der Waals surface area contributed by atoms with Gasteiger partial charge in [-0.3, -0.25) is 9.59 Å². The first-order valence-corrected chi connectivity index (χ1v) is 4.88. The minimum Gasteiger partial charge on any atom is -0.481 e. The van der Waals surface area contributed by atoms with Crippen molar-refractivity contribution in [3.8, 4) is 0 Å². The molecule has 78 valence electrons. The maximum Gasteiger partial charge on any atom is 0.303 e. The molecule has 1 amide bonds. The van der Waals surface area contributed by atoms with Crippen LogP contribution in [0.4, 0.5) is 0 Å². The summed E-state index contributed by atoms with van der Waals surface area (Å²) >= 11 is 0. The van der Waals surface area contributed by atoms with Gasteiger partial charge in [0.05, 0.1) is 12.3 Å². The summed E-state index contributed by atoms with van der Waals surface area (Å²) in [5.41, 5.74) is 0. The highest BCUT2D eigenvalue weighted by molar-refractivity contribution is 5.81. The number of rotatable bonds is 3. The van der Waals surface area contributed by atoms with Crippen molar-refractivity contribution in [3.63, 3.8) is 0 Å². The fraction of sp³-hybridized carbons (Fsp3) is 0.778. The molecule has 2 rings (SSSR count). The van der Waals surface area contributed by atoms with E-state index in [1.54, 1.807) is 4.90 Å². The van der Waals surface area contributed by atoms with Gasteiger partial charge in [-0.25, -0.2) is 0 Å². The van der Waals surface area contributed by atoms with Crippen molar-refractivity contribution < 1.29 is 14.7 Å². The van der Waals surface area contributed by atoms with Crippen LogP contribution < -0.4 is 5.32 Å². The molecule has 0 aromatic carbocycles. The summed E-state index contributed by atoms with van der Waals surface area (Å²) in [4.78, 5) is 23.7. The van der Waals surface area contributed by atoms with Gasteiger partial charge in [-0.05, 0) is 0 Å². The van der Waals surface area contributed by atoms with Crippen LogP contribution in [0, 0.1) is 11.8 Å². The highest BCUT2D eigenvalue weighted by Gasteiger charge is 2.37. The Morgan fingerprint density at radius 2 is 2.00 bits per heavy atom. The van der Waals surface area contributed by atoms with Crippen LogP contribution in [0.1, 0.15) is 6.42 Å². The molecule has 14 heavy (non-hydrogen) atoms. The Morgan fingerprint density at radius 3 is 2.43 bits per heavy atom. The average molecular weight is 198 g/mol. The van der Waals surface area contributed by atoms with Crippen LogP contribution in [0.15, 0.2) is 0 Å². The number of nitrogens with zero attached hydrogens (tertiary/aromatic N) is 1. The lowest BCUT2D eigenvalue weighted by Gasteiger charge is -2.42. The fourth-order valence-corrected chi connectivity index (χ4v) is 1.85. The summed E-state index contributed by atoms with van der Waals surface area (Å²) < 4.78 is 0. The molecule has 2 fully saturated rings. The number of carboxylic acids is 1. The number of amides is 1. The first-order valence-electron chi connectivity index (χ1n) is 4.88. The molecule has 2 aliphatic rings. The second-order valence-corrected chi connectivity index (χ2v) is 4.06. The molecule has 0 spiro atoms. The highest BCUT2D eigenvalue weighted by Crippen LogP contribution is 2.22. The lowest BCUT2D eigenvalue weighted by atomic mass is 9.92. The second-order valence-electron chi connectivity index (χ2n) is 4.06.